The Balaban J connectivity index is 1.35. The van der Waals surface area contributed by atoms with Crippen LogP contribution in [0.5, 0.6) is 17.2 Å². The molecule has 0 saturated carbocycles. The molecule has 0 aliphatic heterocycles. The normalized spacial score (nSPS) is 10.5. The number of hydrogen-bond acceptors (Lipinski definition) is 4. The first-order valence-corrected chi connectivity index (χ1v) is 9.97. The Kier molecular flexibility index (Phi) is 5.98. The van der Waals surface area contributed by atoms with Gasteiger partial charge in [-0.2, -0.15) is 5.10 Å². The summed E-state index contributed by atoms with van der Waals surface area (Å²) in [6.07, 6.45) is 0. The number of amides is 1. The molecule has 4 aromatic rings. The second kappa shape index (κ2) is 9.17. The lowest BCUT2D eigenvalue weighted by atomic mass is 10.3. The van der Waals surface area contributed by atoms with Crippen LogP contribution in [0.15, 0.2) is 84.9 Å². The van der Waals surface area contributed by atoms with Crippen molar-refractivity contribution in [3.05, 3.63) is 96.3 Å². The first-order chi connectivity index (χ1) is 15.1. The van der Waals surface area contributed by atoms with E-state index in [1.54, 1.807) is 24.3 Å². The maximum atomic E-state index is 12.4. The highest BCUT2D eigenvalue weighted by Crippen LogP contribution is 2.24. The molecule has 4 rings (SSSR count). The molecule has 0 aliphatic rings. The third-order valence-corrected chi connectivity index (χ3v) is 4.73. The van der Waals surface area contributed by atoms with Crippen molar-refractivity contribution >= 4 is 11.6 Å². The SMILES string of the molecule is Cc1nn(-c2ccccc2)c(C)c1NC(=O)COc1ccc(Oc2ccccc2)cc1. The number of para-hydroxylation sites is 2. The van der Waals surface area contributed by atoms with E-state index in [0.29, 0.717) is 17.2 Å². The fourth-order valence-corrected chi connectivity index (χ4v) is 3.20. The molecule has 3 aromatic carbocycles. The number of benzene rings is 3. The Labute approximate surface area is 181 Å². The second-order valence-electron chi connectivity index (χ2n) is 7.02. The number of carbonyl (C=O) groups excluding carboxylic acids is 1. The summed E-state index contributed by atoms with van der Waals surface area (Å²) < 4.78 is 13.2. The van der Waals surface area contributed by atoms with E-state index in [9.17, 15) is 4.79 Å². The number of rotatable bonds is 7. The largest absolute Gasteiger partial charge is 0.484 e. The molecule has 0 fully saturated rings. The van der Waals surface area contributed by atoms with Crippen molar-refractivity contribution < 1.29 is 14.3 Å². The van der Waals surface area contributed by atoms with Gasteiger partial charge in [0.25, 0.3) is 5.91 Å². The lowest BCUT2D eigenvalue weighted by Crippen LogP contribution is -2.20. The molecule has 0 saturated heterocycles. The molecule has 1 heterocycles. The molecule has 0 bridgehead atoms. The minimum atomic E-state index is -0.247. The fraction of sp³-hybridized carbons (Fsp3) is 0.120. The van der Waals surface area contributed by atoms with Crippen LogP contribution in [0.25, 0.3) is 5.69 Å². The van der Waals surface area contributed by atoms with Gasteiger partial charge in [-0.05, 0) is 62.4 Å². The van der Waals surface area contributed by atoms with Crippen LogP contribution in [-0.2, 0) is 4.79 Å². The lowest BCUT2D eigenvalue weighted by Gasteiger charge is -2.10. The molecule has 1 amide bonds. The highest BCUT2D eigenvalue weighted by atomic mass is 16.5. The molecule has 1 aromatic heterocycles. The van der Waals surface area contributed by atoms with E-state index >= 15 is 0 Å². The maximum absolute atomic E-state index is 12.4. The topological polar surface area (TPSA) is 65.4 Å². The third kappa shape index (κ3) is 4.93. The molecule has 0 aliphatic carbocycles. The molecule has 156 valence electrons. The zero-order valence-corrected chi connectivity index (χ0v) is 17.4. The third-order valence-electron chi connectivity index (χ3n) is 4.73. The van der Waals surface area contributed by atoms with Gasteiger partial charge in [-0.1, -0.05) is 36.4 Å². The summed E-state index contributed by atoms with van der Waals surface area (Å²) in [5.74, 6) is 1.80. The summed E-state index contributed by atoms with van der Waals surface area (Å²) in [5.41, 5.74) is 3.25. The average molecular weight is 413 g/mol. The number of carbonyl (C=O) groups is 1. The minimum Gasteiger partial charge on any atom is -0.484 e. The molecule has 0 unspecified atom stereocenters. The molecule has 6 nitrogen and oxygen atoms in total. The lowest BCUT2D eigenvalue weighted by molar-refractivity contribution is -0.118. The van der Waals surface area contributed by atoms with Gasteiger partial charge >= 0.3 is 0 Å². The van der Waals surface area contributed by atoms with Crippen molar-refractivity contribution in [3.8, 4) is 22.9 Å². The van der Waals surface area contributed by atoms with Gasteiger partial charge in [-0.15, -0.1) is 0 Å². The van der Waals surface area contributed by atoms with E-state index in [1.807, 2.05) is 79.2 Å². The van der Waals surface area contributed by atoms with Crippen LogP contribution in [0.1, 0.15) is 11.4 Å². The Morgan fingerprint density at radius 2 is 1.42 bits per heavy atom. The van der Waals surface area contributed by atoms with Gasteiger partial charge in [0.05, 0.1) is 22.8 Å². The van der Waals surface area contributed by atoms with E-state index in [0.717, 1.165) is 22.8 Å². The zero-order valence-electron chi connectivity index (χ0n) is 17.4. The molecular formula is C25H23N3O3. The van der Waals surface area contributed by atoms with Crippen molar-refractivity contribution in [3.63, 3.8) is 0 Å². The number of nitrogens with one attached hydrogen (secondary N) is 1. The van der Waals surface area contributed by atoms with Gasteiger partial charge < -0.3 is 14.8 Å². The van der Waals surface area contributed by atoms with Gasteiger partial charge in [-0.25, -0.2) is 4.68 Å². The number of nitrogens with zero attached hydrogens (tertiary/aromatic N) is 2. The predicted molar refractivity (Wildman–Crippen MR) is 120 cm³/mol. The number of ether oxygens (including phenoxy) is 2. The summed E-state index contributed by atoms with van der Waals surface area (Å²) in [7, 11) is 0. The van der Waals surface area contributed by atoms with Crippen LogP contribution in [0.2, 0.25) is 0 Å². The highest BCUT2D eigenvalue weighted by molar-refractivity contribution is 5.93. The Morgan fingerprint density at radius 3 is 2.10 bits per heavy atom. The van der Waals surface area contributed by atoms with E-state index in [2.05, 4.69) is 10.4 Å². The van der Waals surface area contributed by atoms with Gasteiger partial charge in [0.15, 0.2) is 6.61 Å². The minimum absolute atomic E-state index is 0.103. The summed E-state index contributed by atoms with van der Waals surface area (Å²) in [6.45, 7) is 3.69. The van der Waals surface area contributed by atoms with E-state index in [1.165, 1.54) is 0 Å². The predicted octanol–water partition coefficient (Wildman–Crippen LogP) is 5.30. The maximum Gasteiger partial charge on any atom is 0.262 e. The van der Waals surface area contributed by atoms with Gasteiger partial charge in [0.2, 0.25) is 0 Å². The molecule has 6 heteroatoms. The second-order valence-corrected chi connectivity index (χ2v) is 7.02. The average Bonchev–Trinajstić information content (AvgIpc) is 3.08. The van der Waals surface area contributed by atoms with Gasteiger partial charge in [0.1, 0.15) is 17.2 Å². The molecule has 0 spiro atoms. The highest BCUT2D eigenvalue weighted by Gasteiger charge is 2.15. The molecule has 31 heavy (non-hydrogen) atoms. The summed E-state index contributed by atoms with van der Waals surface area (Å²) in [4.78, 5) is 12.4. The summed E-state index contributed by atoms with van der Waals surface area (Å²) >= 11 is 0. The molecule has 0 atom stereocenters. The first kappa shape index (κ1) is 20.2. The van der Waals surface area contributed by atoms with E-state index < -0.39 is 0 Å². The fourth-order valence-electron chi connectivity index (χ4n) is 3.20. The van der Waals surface area contributed by atoms with Crippen LogP contribution >= 0.6 is 0 Å². The number of hydrogen-bond donors (Lipinski definition) is 1. The van der Waals surface area contributed by atoms with Crippen molar-refractivity contribution in [2.24, 2.45) is 0 Å². The summed E-state index contributed by atoms with van der Waals surface area (Å²) in [5, 5.41) is 7.45. The zero-order chi connectivity index (χ0) is 21.6. The standard InChI is InChI=1S/C25H23N3O3/c1-18-25(19(2)28(27-18)20-9-5-3-6-10-20)26-24(29)17-30-21-13-15-23(16-14-21)31-22-11-7-4-8-12-22/h3-16H,17H2,1-2H3,(H,26,29). The Morgan fingerprint density at radius 1 is 0.839 bits per heavy atom. The summed E-state index contributed by atoms with van der Waals surface area (Å²) in [6, 6.07) is 26.5. The van der Waals surface area contributed by atoms with Crippen LogP contribution in [0, 0.1) is 13.8 Å². The molecular weight excluding hydrogens is 390 g/mol. The first-order valence-electron chi connectivity index (χ1n) is 9.97. The van der Waals surface area contributed by atoms with Crippen molar-refractivity contribution in [2.75, 3.05) is 11.9 Å². The molecule has 1 N–H and O–H groups in total. The molecule has 0 radical (unpaired) electrons. The quantitative estimate of drug-likeness (QED) is 0.447. The van der Waals surface area contributed by atoms with Crippen molar-refractivity contribution in [2.45, 2.75) is 13.8 Å². The van der Waals surface area contributed by atoms with Crippen LogP contribution < -0.4 is 14.8 Å². The van der Waals surface area contributed by atoms with E-state index in [4.69, 9.17) is 9.47 Å². The van der Waals surface area contributed by atoms with Crippen LogP contribution in [-0.4, -0.2) is 22.3 Å². The van der Waals surface area contributed by atoms with Crippen LogP contribution in [0.3, 0.4) is 0 Å². The van der Waals surface area contributed by atoms with Crippen LogP contribution in [0.4, 0.5) is 5.69 Å². The van der Waals surface area contributed by atoms with Crippen molar-refractivity contribution in [1.29, 1.82) is 0 Å². The smallest absolute Gasteiger partial charge is 0.262 e. The monoisotopic (exact) mass is 413 g/mol. The Bertz CT molecular complexity index is 1150. The number of aromatic nitrogens is 2. The number of anilines is 1. The van der Waals surface area contributed by atoms with Crippen molar-refractivity contribution in [1.82, 2.24) is 9.78 Å². The van der Waals surface area contributed by atoms with Gasteiger partial charge in [-0.3, -0.25) is 4.79 Å². The van der Waals surface area contributed by atoms with Gasteiger partial charge in [0, 0.05) is 0 Å². The Hall–Kier alpha value is -4.06. The number of aryl methyl sites for hydroxylation is 1. The van der Waals surface area contributed by atoms with E-state index in [-0.39, 0.29) is 12.5 Å².